The number of carboxylic acids is 1. The molecule has 2 aromatic rings. The Morgan fingerprint density at radius 2 is 2.10 bits per heavy atom. The van der Waals surface area contributed by atoms with Crippen LogP contribution in [-0.2, 0) is 0 Å². The van der Waals surface area contributed by atoms with Gasteiger partial charge in [-0.15, -0.1) is 11.8 Å². The summed E-state index contributed by atoms with van der Waals surface area (Å²) in [7, 11) is 0. The monoisotopic (exact) mass is 322 g/mol. The van der Waals surface area contributed by atoms with E-state index < -0.39 is 5.97 Å². The van der Waals surface area contributed by atoms with Crippen LogP contribution >= 0.6 is 23.4 Å². The van der Waals surface area contributed by atoms with E-state index in [-0.39, 0.29) is 0 Å². The first kappa shape index (κ1) is 15.7. The zero-order chi connectivity index (χ0) is 15.2. The van der Waals surface area contributed by atoms with Crippen LogP contribution in [0, 0.1) is 6.92 Å². The van der Waals surface area contributed by atoms with Crippen LogP contribution in [0.1, 0.15) is 15.9 Å². The Morgan fingerprint density at radius 1 is 1.29 bits per heavy atom. The molecule has 0 saturated heterocycles. The minimum atomic E-state index is -0.898. The van der Waals surface area contributed by atoms with Crippen molar-refractivity contribution in [2.24, 2.45) is 0 Å². The van der Waals surface area contributed by atoms with Crippen LogP contribution in [0.25, 0.3) is 0 Å². The number of benzene rings is 2. The van der Waals surface area contributed by atoms with E-state index in [2.05, 4.69) is 0 Å². The van der Waals surface area contributed by atoms with Crippen molar-refractivity contribution in [2.75, 3.05) is 12.4 Å². The first-order valence-electron chi connectivity index (χ1n) is 6.41. The number of thioether (sulfide) groups is 1. The number of carboxylic acid groups (broad SMARTS) is 1. The second kappa shape index (κ2) is 7.38. The predicted octanol–water partition coefficient (Wildman–Crippen LogP) is 4.52. The van der Waals surface area contributed by atoms with Gasteiger partial charge in [0.05, 0.1) is 12.2 Å². The van der Waals surface area contributed by atoms with E-state index in [0.29, 0.717) is 17.2 Å². The average molecular weight is 323 g/mol. The van der Waals surface area contributed by atoms with Crippen molar-refractivity contribution < 1.29 is 14.6 Å². The highest BCUT2D eigenvalue weighted by atomic mass is 35.5. The molecular weight excluding hydrogens is 308 g/mol. The Morgan fingerprint density at radius 3 is 2.81 bits per heavy atom. The van der Waals surface area contributed by atoms with Crippen molar-refractivity contribution in [2.45, 2.75) is 11.8 Å². The largest absolute Gasteiger partial charge is 0.493 e. The van der Waals surface area contributed by atoms with Crippen LogP contribution in [-0.4, -0.2) is 23.4 Å². The van der Waals surface area contributed by atoms with Gasteiger partial charge in [0.2, 0.25) is 0 Å². The van der Waals surface area contributed by atoms with Gasteiger partial charge in [-0.05, 0) is 42.8 Å². The SMILES string of the molecule is Cc1ccc(SCCOc2cccc(Cl)c2)cc1C(=O)O. The van der Waals surface area contributed by atoms with Gasteiger partial charge in [0, 0.05) is 15.7 Å². The fourth-order valence-corrected chi connectivity index (χ4v) is 2.75. The van der Waals surface area contributed by atoms with Crippen molar-refractivity contribution in [3.8, 4) is 5.75 Å². The van der Waals surface area contributed by atoms with E-state index in [1.807, 2.05) is 24.3 Å². The minimum absolute atomic E-state index is 0.343. The van der Waals surface area contributed by atoms with Gasteiger partial charge in [-0.2, -0.15) is 0 Å². The van der Waals surface area contributed by atoms with E-state index in [1.54, 1.807) is 36.9 Å². The molecule has 0 amide bonds. The molecule has 0 aliphatic rings. The number of hydrogen-bond acceptors (Lipinski definition) is 3. The summed E-state index contributed by atoms with van der Waals surface area (Å²) in [5.41, 5.74) is 1.11. The molecule has 0 bridgehead atoms. The molecule has 3 nitrogen and oxygen atoms in total. The number of ether oxygens (including phenoxy) is 1. The normalized spacial score (nSPS) is 10.4. The molecule has 0 heterocycles. The Balaban J connectivity index is 1.86. The molecule has 0 radical (unpaired) electrons. The fraction of sp³-hybridized carbons (Fsp3) is 0.188. The Bertz CT molecular complexity index is 643. The highest BCUT2D eigenvalue weighted by molar-refractivity contribution is 7.99. The van der Waals surface area contributed by atoms with Crippen molar-refractivity contribution in [1.82, 2.24) is 0 Å². The number of rotatable bonds is 6. The second-order valence-corrected chi connectivity index (χ2v) is 6.04. The quantitative estimate of drug-likeness (QED) is 0.627. The maximum absolute atomic E-state index is 11.1. The van der Waals surface area contributed by atoms with Crippen molar-refractivity contribution in [3.05, 3.63) is 58.6 Å². The van der Waals surface area contributed by atoms with Crippen LogP contribution in [0.4, 0.5) is 0 Å². The molecule has 0 spiro atoms. The molecule has 0 aliphatic carbocycles. The van der Waals surface area contributed by atoms with Crippen LogP contribution < -0.4 is 4.74 Å². The Hall–Kier alpha value is -1.65. The number of hydrogen-bond donors (Lipinski definition) is 1. The summed E-state index contributed by atoms with van der Waals surface area (Å²) in [4.78, 5) is 12.0. The van der Waals surface area contributed by atoms with E-state index in [9.17, 15) is 4.79 Å². The van der Waals surface area contributed by atoms with Crippen molar-refractivity contribution in [3.63, 3.8) is 0 Å². The lowest BCUT2D eigenvalue weighted by atomic mass is 10.1. The number of carbonyl (C=O) groups is 1. The van der Waals surface area contributed by atoms with Gasteiger partial charge in [0.1, 0.15) is 5.75 Å². The summed E-state index contributed by atoms with van der Waals surface area (Å²) in [5.74, 6) is 0.567. The van der Waals surface area contributed by atoms with Crippen molar-refractivity contribution in [1.29, 1.82) is 0 Å². The average Bonchev–Trinajstić information content (AvgIpc) is 2.45. The van der Waals surface area contributed by atoms with Gasteiger partial charge >= 0.3 is 5.97 Å². The lowest BCUT2D eigenvalue weighted by Crippen LogP contribution is -2.01. The molecule has 1 N–H and O–H groups in total. The predicted molar refractivity (Wildman–Crippen MR) is 85.8 cm³/mol. The third-order valence-corrected chi connectivity index (χ3v) is 4.05. The van der Waals surface area contributed by atoms with E-state index >= 15 is 0 Å². The van der Waals surface area contributed by atoms with Gasteiger partial charge in [0.15, 0.2) is 0 Å². The summed E-state index contributed by atoms with van der Waals surface area (Å²) in [5, 5.41) is 9.73. The molecule has 0 fully saturated rings. The third kappa shape index (κ3) is 4.69. The fourth-order valence-electron chi connectivity index (χ4n) is 1.80. The number of aromatic carboxylic acids is 1. The maximum Gasteiger partial charge on any atom is 0.335 e. The smallest absolute Gasteiger partial charge is 0.335 e. The number of aryl methyl sites for hydroxylation is 1. The maximum atomic E-state index is 11.1. The summed E-state index contributed by atoms with van der Waals surface area (Å²) < 4.78 is 5.59. The molecule has 2 aromatic carbocycles. The highest BCUT2D eigenvalue weighted by Gasteiger charge is 2.08. The minimum Gasteiger partial charge on any atom is -0.493 e. The second-order valence-electron chi connectivity index (χ2n) is 4.44. The molecule has 21 heavy (non-hydrogen) atoms. The zero-order valence-electron chi connectivity index (χ0n) is 11.5. The van der Waals surface area contributed by atoms with Crippen LogP contribution in [0.5, 0.6) is 5.75 Å². The topological polar surface area (TPSA) is 46.5 Å². The summed E-state index contributed by atoms with van der Waals surface area (Å²) in [6, 6.07) is 12.7. The lowest BCUT2D eigenvalue weighted by Gasteiger charge is -2.07. The molecule has 0 aliphatic heterocycles. The van der Waals surface area contributed by atoms with E-state index in [4.69, 9.17) is 21.4 Å². The standard InChI is InChI=1S/C16H15ClO3S/c1-11-5-6-14(10-15(11)16(18)19)21-8-7-20-13-4-2-3-12(17)9-13/h2-6,9-10H,7-8H2,1H3,(H,18,19). The first-order valence-corrected chi connectivity index (χ1v) is 7.78. The van der Waals surface area contributed by atoms with Gasteiger partial charge in [-0.1, -0.05) is 23.7 Å². The first-order chi connectivity index (χ1) is 10.1. The zero-order valence-corrected chi connectivity index (χ0v) is 13.1. The van der Waals surface area contributed by atoms with Gasteiger partial charge in [-0.25, -0.2) is 4.79 Å². The number of halogens is 1. The molecule has 0 atom stereocenters. The van der Waals surface area contributed by atoms with Crippen molar-refractivity contribution >= 4 is 29.3 Å². The Labute approximate surface area is 132 Å². The molecule has 110 valence electrons. The third-order valence-electron chi connectivity index (χ3n) is 2.86. The van der Waals surface area contributed by atoms with Gasteiger partial charge < -0.3 is 9.84 Å². The summed E-state index contributed by atoms with van der Waals surface area (Å²) >= 11 is 7.44. The molecule has 0 aromatic heterocycles. The molecule has 2 rings (SSSR count). The van der Waals surface area contributed by atoms with E-state index in [0.717, 1.165) is 22.0 Å². The van der Waals surface area contributed by atoms with E-state index in [1.165, 1.54) is 0 Å². The van der Waals surface area contributed by atoms with Gasteiger partial charge in [0.25, 0.3) is 0 Å². The molecule has 0 unspecified atom stereocenters. The van der Waals surface area contributed by atoms with Crippen LogP contribution in [0.2, 0.25) is 5.02 Å². The van der Waals surface area contributed by atoms with Crippen LogP contribution in [0.3, 0.4) is 0 Å². The highest BCUT2D eigenvalue weighted by Crippen LogP contribution is 2.22. The lowest BCUT2D eigenvalue weighted by molar-refractivity contribution is 0.0696. The molecule has 0 saturated carbocycles. The molecular formula is C16H15ClO3S. The summed E-state index contributed by atoms with van der Waals surface area (Å²) in [6.07, 6.45) is 0. The van der Waals surface area contributed by atoms with Gasteiger partial charge in [-0.3, -0.25) is 0 Å². The van der Waals surface area contributed by atoms with Crippen LogP contribution in [0.15, 0.2) is 47.4 Å². The Kier molecular flexibility index (Phi) is 5.53. The summed E-state index contributed by atoms with van der Waals surface area (Å²) in [6.45, 7) is 2.32. The molecule has 5 heteroatoms.